The van der Waals surface area contributed by atoms with E-state index in [0.717, 1.165) is 42.9 Å². The number of rotatable bonds is 7. The smallest absolute Gasteiger partial charge is 0.166 e. The quantitative estimate of drug-likeness (QED) is 0.530. The number of nitrogens with two attached hydrogens (primary N) is 1. The highest BCUT2D eigenvalue weighted by Gasteiger charge is 2.28. The molecule has 2 aromatic carbocycles. The number of benzene rings is 2. The molecule has 0 atom stereocenters. The molecule has 0 aliphatic carbocycles. The second-order valence-corrected chi connectivity index (χ2v) is 8.19. The van der Waals surface area contributed by atoms with Crippen LogP contribution in [-0.4, -0.2) is 31.1 Å². The van der Waals surface area contributed by atoms with Gasteiger partial charge >= 0.3 is 0 Å². The van der Waals surface area contributed by atoms with Crippen LogP contribution in [0, 0.1) is 5.92 Å². The molecule has 1 aliphatic heterocycles. The minimum atomic E-state index is 0.0186. The van der Waals surface area contributed by atoms with E-state index in [4.69, 9.17) is 15.2 Å². The van der Waals surface area contributed by atoms with E-state index in [2.05, 4.69) is 4.90 Å². The maximum atomic E-state index is 12.8. The molecule has 0 amide bonds. The molecule has 5 heteroatoms. The Hall–Kier alpha value is -2.69. The van der Waals surface area contributed by atoms with Crippen molar-refractivity contribution >= 4 is 17.2 Å². The summed E-state index contributed by atoms with van der Waals surface area (Å²) in [7, 11) is 0. The summed E-state index contributed by atoms with van der Waals surface area (Å²) in [5.74, 6) is 1.73. The Morgan fingerprint density at radius 3 is 2.21 bits per heavy atom. The molecule has 156 valence electrons. The lowest BCUT2D eigenvalue weighted by Gasteiger charge is -2.35. The molecule has 1 fully saturated rings. The van der Waals surface area contributed by atoms with Crippen molar-refractivity contribution in [1.82, 2.24) is 0 Å². The molecule has 0 aromatic heterocycles. The number of carbonyl (C=O) groups excluding carboxylic acids is 1. The van der Waals surface area contributed by atoms with Gasteiger partial charge in [0.25, 0.3) is 0 Å². The van der Waals surface area contributed by atoms with Crippen LogP contribution in [0.2, 0.25) is 0 Å². The Bertz CT molecular complexity index is 826. The minimum Gasteiger partial charge on any atom is -0.491 e. The van der Waals surface area contributed by atoms with E-state index in [1.54, 1.807) is 0 Å². The second-order valence-electron chi connectivity index (χ2n) is 8.19. The van der Waals surface area contributed by atoms with Crippen LogP contribution in [0.4, 0.5) is 11.4 Å². The van der Waals surface area contributed by atoms with Crippen molar-refractivity contribution in [3.05, 3.63) is 48.0 Å². The average molecular weight is 397 g/mol. The summed E-state index contributed by atoms with van der Waals surface area (Å²) < 4.78 is 11.9. The highest BCUT2D eigenvalue weighted by Crippen LogP contribution is 2.41. The Labute approximate surface area is 173 Å². The highest BCUT2D eigenvalue weighted by molar-refractivity contribution is 5.98. The summed E-state index contributed by atoms with van der Waals surface area (Å²) in [5, 5.41) is 0. The van der Waals surface area contributed by atoms with E-state index >= 15 is 0 Å². The monoisotopic (exact) mass is 396 g/mol. The Morgan fingerprint density at radius 2 is 1.62 bits per heavy atom. The van der Waals surface area contributed by atoms with Gasteiger partial charge in [0.1, 0.15) is 5.75 Å². The predicted molar refractivity (Wildman–Crippen MR) is 118 cm³/mol. The van der Waals surface area contributed by atoms with Crippen molar-refractivity contribution in [2.24, 2.45) is 5.92 Å². The van der Waals surface area contributed by atoms with Crippen molar-refractivity contribution in [1.29, 1.82) is 0 Å². The lowest BCUT2D eigenvalue weighted by atomic mass is 9.88. The lowest BCUT2D eigenvalue weighted by Crippen LogP contribution is -2.36. The largest absolute Gasteiger partial charge is 0.491 e. The van der Waals surface area contributed by atoms with Crippen LogP contribution in [0.3, 0.4) is 0 Å². The number of ketones is 1. The van der Waals surface area contributed by atoms with Crippen LogP contribution >= 0.6 is 0 Å². The third kappa shape index (κ3) is 5.22. The Balaban J connectivity index is 1.79. The molecule has 0 saturated carbocycles. The zero-order valence-electron chi connectivity index (χ0n) is 17.9. The average Bonchev–Trinajstić information content (AvgIpc) is 2.69. The zero-order chi connectivity index (χ0) is 21.0. The van der Waals surface area contributed by atoms with Gasteiger partial charge in [0.05, 0.1) is 23.6 Å². The topological polar surface area (TPSA) is 64.8 Å². The van der Waals surface area contributed by atoms with Gasteiger partial charge in [-0.25, -0.2) is 0 Å². The van der Waals surface area contributed by atoms with E-state index in [9.17, 15) is 4.79 Å². The summed E-state index contributed by atoms with van der Waals surface area (Å²) in [5.41, 5.74) is 8.64. The molecule has 2 aromatic rings. The molecule has 1 aliphatic rings. The first-order valence-electron chi connectivity index (χ1n) is 10.5. The van der Waals surface area contributed by atoms with Crippen molar-refractivity contribution in [3.8, 4) is 11.5 Å². The fourth-order valence-corrected chi connectivity index (χ4v) is 3.77. The second kappa shape index (κ2) is 9.21. The van der Waals surface area contributed by atoms with Crippen molar-refractivity contribution in [2.75, 3.05) is 23.7 Å². The molecule has 1 heterocycles. The van der Waals surface area contributed by atoms with Crippen LogP contribution < -0.4 is 20.1 Å². The fraction of sp³-hybridized carbons (Fsp3) is 0.458. The normalized spacial score (nSPS) is 15.0. The molecule has 0 radical (unpaired) electrons. The first-order valence-corrected chi connectivity index (χ1v) is 10.5. The van der Waals surface area contributed by atoms with E-state index in [1.807, 2.05) is 70.2 Å². The molecule has 29 heavy (non-hydrogen) atoms. The molecule has 0 unspecified atom stereocenters. The maximum Gasteiger partial charge on any atom is 0.166 e. The minimum absolute atomic E-state index is 0.0186. The molecular formula is C24H32N2O3. The van der Waals surface area contributed by atoms with Gasteiger partial charge in [-0.1, -0.05) is 30.3 Å². The van der Waals surface area contributed by atoms with Crippen LogP contribution in [0.25, 0.3) is 0 Å². The summed E-state index contributed by atoms with van der Waals surface area (Å²) in [6.45, 7) is 9.54. The summed E-state index contributed by atoms with van der Waals surface area (Å²) in [6.07, 6.45) is 1.70. The third-order valence-electron chi connectivity index (χ3n) is 5.06. The first kappa shape index (κ1) is 21.0. The summed E-state index contributed by atoms with van der Waals surface area (Å²) in [6, 6.07) is 13.4. The van der Waals surface area contributed by atoms with Crippen LogP contribution in [0.1, 0.15) is 50.9 Å². The number of hydrogen-bond donors (Lipinski definition) is 1. The van der Waals surface area contributed by atoms with Crippen molar-refractivity contribution < 1.29 is 14.3 Å². The first-order chi connectivity index (χ1) is 13.8. The summed E-state index contributed by atoms with van der Waals surface area (Å²) in [4.78, 5) is 15.1. The molecule has 0 bridgehead atoms. The predicted octanol–water partition coefficient (Wildman–Crippen LogP) is 4.94. The molecule has 2 N–H and O–H groups in total. The van der Waals surface area contributed by atoms with Crippen LogP contribution in [0.15, 0.2) is 42.5 Å². The van der Waals surface area contributed by atoms with Crippen LogP contribution in [0.5, 0.6) is 11.5 Å². The number of Topliss-reactive ketones (excluding diaryl/α,β-unsaturated/α-hetero) is 1. The Morgan fingerprint density at radius 1 is 1.00 bits per heavy atom. The SMILES string of the molecule is CC(C)Oc1cc(N)c(OC(C)C)c(N2CCC(C(=O)c3ccccc3)CC2)c1. The zero-order valence-corrected chi connectivity index (χ0v) is 17.9. The van der Waals surface area contributed by atoms with Gasteiger partial charge in [0, 0.05) is 36.7 Å². The van der Waals surface area contributed by atoms with E-state index < -0.39 is 0 Å². The fourth-order valence-electron chi connectivity index (χ4n) is 3.77. The van der Waals surface area contributed by atoms with Gasteiger partial charge in [0.2, 0.25) is 0 Å². The number of nitrogens with zero attached hydrogens (tertiary/aromatic N) is 1. The van der Waals surface area contributed by atoms with Gasteiger partial charge < -0.3 is 20.1 Å². The number of piperidine rings is 1. The lowest BCUT2D eigenvalue weighted by molar-refractivity contribution is 0.0900. The van der Waals surface area contributed by atoms with E-state index in [0.29, 0.717) is 11.4 Å². The number of ether oxygens (including phenoxy) is 2. The van der Waals surface area contributed by atoms with Crippen LogP contribution in [-0.2, 0) is 0 Å². The molecule has 1 saturated heterocycles. The maximum absolute atomic E-state index is 12.8. The van der Waals surface area contributed by atoms with Crippen molar-refractivity contribution in [2.45, 2.75) is 52.7 Å². The van der Waals surface area contributed by atoms with E-state index in [-0.39, 0.29) is 23.9 Å². The number of carbonyl (C=O) groups is 1. The Kier molecular flexibility index (Phi) is 6.68. The number of nitrogen functional groups attached to an aromatic ring is 1. The standard InChI is InChI=1S/C24H32N2O3/c1-16(2)28-20-14-21(25)24(29-17(3)4)22(15-20)26-12-10-19(11-13-26)23(27)18-8-6-5-7-9-18/h5-9,14-17,19H,10-13,25H2,1-4H3. The van der Waals surface area contributed by atoms with Gasteiger partial charge in [-0.3, -0.25) is 4.79 Å². The van der Waals surface area contributed by atoms with Gasteiger partial charge in [-0.2, -0.15) is 0 Å². The van der Waals surface area contributed by atoms with Gasteiger partial charge in [-0.05, 0) is 40.5 Å². The number of anilines is 2. The van der Waals surface area contributed by atoms with Crippen molar-refractivity contribution in [3.63, 3.8) is 0 Å². The number of hydrogen-bond acceptors (Lipinski definition) is 5. The van der Waals surface area contributed by atoms with Gasteiger partial charge in [0.15, 0.2) is 11.5 Å². The molecule has 0 spiro atoms. The van der Waals surface area contributed by atoms with E-state index in [1.165, 1.54) is 0 Å². The third-order valence-corrected chi connectivity index (χ3v) is 5.06. The van der Waals surface area contributed by atoms with Gasteiger partial charge in [-0.15, -0.1) is 0 Å². The molecule has 5 nitrogen and oxygen atoms in total. The highest BCUT2D eigenvalue weighted by atomic mass is 16.5. The molecular weight excluding hydrogens is 364 g/mol. The summed E-state index contributed by atoms with van der Waals surface area (Å²) >= 11 is 0. The molecule has 3 rings (SSSR count).